The van der Waals surface area contributed by atoms with E-state index in [2.05, 4.69) is 15.5 Å². The molecule has 2 aromatic heterocycles. The minimum atomic E-state index is -1.08. The van der Waals surface area contributed by atoms with Crippen LogP contribution in [0, 0.1) is 0 Å². The molecule has 2 heterocycles. The van der Waals surface area contributed by atoms with Crippen molar-refractivity contribution < 1.29 is 14.7 Å². The second kappa shape index (κ2) is 6.20. The van der Waals surface area contributed by atoms with Gasteiger partial charge in [0, 0.05) is 18.9 Å². The molecule has 2 aromatic rings. The highest BCUT2D eigenvalue weighted by Gasteiger charge is 2.08. The number of nitrogens with one attached hydrogen (secondary N) is 1. The van der Waals surface area contributed by atoms with Crippen molar-refractivity contribution in [2.75, 3.05) is 6.54 Å². The Hall–Kier alpha value is -2.35. The molecule has 1 amide bonds. The van der Waals surface area contributed by atoms with Gasteiger partial charge in [-0.05, 0) is 0 Å². The van der Waals surface area contributed by atoms with Crippen molar-refractivity contribution in [1.29, 1.82) is 0 Å². The van der Waals surface area contributed by atoms with Crippen molar-refractivity contribution in [3.05, 3.63) is 35.4 Å². The molecule has 0 bridgehead atoms. The van der Waals surface area contributed by atoms with E-state index >= 15 is 0 Å². The molecule has 0 radical (unpaired) electrons. The summed E-state index contributed by atoms with van der Waals surface area (Å²) in [5, 5.41) is 19.7. The number of aromatic carboxylic acids is 1. The lowest BCUT2D eigenvalue weighted by molar-refractivity contribution is -0.121. The van der Waals surface area contributed by atoms with Crippen molar-refractivity contribution in [1.82, 2.24) is 24.9 Å². The zero-order valence-corrected chi connectivity index (χ0v) is 11.1. The molecule has 0 unspecified atom stereocenters. The maximum atomic E-state index is 11.6. The molecule has 0 aliphatic heterocycles. The number of carboxylic acids is 1. The molecule has 0 saturated heterocycles. The van der Waals surface area contributed by atoms with Gasteiger partial charge in [0.15, 0.2) is 0 Å². The van der Waals surface area contributed by atoms with Gasteiger partial charge in [0.25, 0.3) is 0 Å². The first-order valence-corrected chi connectivity index (χ1v) is 6.13. The predicted octanol–water partition coefficient (Wildman–Crippen LogP) is 0.248. The second-order valence-corrected chi connectivity index (χ2v) is 4.44. The summed E-state index contributed by atoms with van der Waals surface area (Å²) in [6.45, 7) is 0.856. The largest absolute Gasteiger partial charge is 0.478 e. The van der Waals surface area contributed by atoms with E-state index in [9.17, 15) is 9.59 Å². The minimum absolute atomic E-state index is 0.0346. The summed E-state index contributed by atoms with van der Waals surface area (Å²) in [5.74, 6) is -1.34. The standard InChI is InChI=1S/C11H12ClN5O3/c12-9-4-15-16(6-9)2-1-13-10(18)7-17-5-8(3-14-17)11(19)20/h3-6H,1-2,7H2,(H,13,18)(H,19,20). The first kappa shape index (κ1) is 14.1. The molecule has 0 atom stereocenters. The third kappa shape index (κ3) is 3.82. The molecule has 0 spiro atoms. The van der Waals surface area contributed by atoms with Crippen LogP contribution in [0.4, 0.5) is 0 Å². The zero-order valence-electron chi connectivity index (χ0n) is 10.4. The average molecular weight is 298 g/mol. The lowest BCUT2D eigenvalue weighted by Crippen LogP contribution is -2.30. The van der Waals surface area contributed by atoms with Crippen molar-refractivity contribution >= 4 is 23.5 Å². The maximum absolute atomic E-state index is 11.6. The van der Waals surface area contributed by atoms with E-state index in [0.29, 0.717) is 18.1 Å². The Labute approximate surface area is 118 Å². The SMILES string of the molecule is O=C(Cn1cc(C(=O)O)cn1)NCCn1cc(Cl)cn1. The van der Waals surface area contributed by atoms with Crippen molar-refractivity contribution in [2.45, 2.75) is 13.1 Å². The van der Waals surface area contributed by atoms with Gasteiger partial charge in [-0.15, -0.1) is 0 Å². The Morgan fingerprint density at radius 1 is 1.25 bits per heavy atom. The van der Waals surface area contributed by atoms with Crippen molar-refractivity contribution in [2.24, 2.45) is 0 Å². The van der Waals surface area contributed by atoms with Gasteiger partial charge in [-0.25, -0.2) is 4.79 Å². The normalized spacial score (nSPS) is 10.4. The number of hydrogen-bond donors (Lipinski definition) is 2. The van der Waals surface area contributed by atoms with Crippen LogP contribution >= 0.6 is 11.6 Å². The average Bonchev–Trinajstić information content (AvgIpc) is 2.99. The lowest BCUT2D eigenvalue weighted by atomic mass is 10.4. The highest BCUT2D eigenvalue weighted by molar-refractivity contribution is 6.30. The summed E-state index contributed by atoms with van der Waals surface area (Å²) in [4.78, 5) is 22.3. The molecule has 9 heteroatoms. The number of amides is 1. The number of aromatic nitrogens is 4. The summed E-state index contributed by atoms with van der Waals surface area (Å²) in [6.07, 6.45) is 5.66. The van der Waals surface area contributed by atoms with Gasteiger partial charge in [-0.3, -0.25) is 14.2 Å². The minimum Gasteiger partial charge on any atom is -0.478 e. The third-order valence-corrected chi connectivity index (χ3v) is 2.65. The Kier molecular flexibility index (Phi) is 4.36. The summed E-state index contributed by atoms with van der Waals surface area (Å²) >= 11 is 5.71. The molecule has 8 nitrogen and oxygen atoms in total. The van der Waals surface area contributed by atoms with Gasteiger partial charge in [-0.2, -0.15) is 10.2 Å². The molecule has 0 saturated carbocycles. The van der Waals surface area contributed by atoms with E-state index in [1.54, 1.807) is 10.9 Å². The van der Waals surface area contributed by atoms with Crippen LogP contribution in [0.5, 0.6) is 0 Å². The lowest BCUT2D eigenvalue weighted by Gasteiger charge is -2.05. The predicted molar refractivity (Wildman–Crippen MR) is 69.4 cm³/mol. The Bertz CT molecular complexity index is 621. The molecule has 0 aliphatic rings. The third-order valence-electron chi connectivity index (χ3n) is 2.45. The fourth-order valence-corrected chi connectivity index (χ4v) is 1.69. The molecular weight excluding hydrogens is 286 g/mol. The van der Waals surface area contributed by atoms with Gasteiger partial charge < -0.3 is 10.4 Å². The quantitative estimate of drug-likeness (QED) is 0.795. The van der Waals surface area contributed by atoms with Crippen LogP contribution in [0.2, 0.25) is 5.02 Å². The van der Waals surface area contributed by atoms with E-state index in [4.69, 9.17) is 16.7 Å². The Morgan fingerprint density at radius 3 is 2.60 bits per heavy atom. The van der Waals surface area contributed by atoms with Gasteiger partial charge in [0.2, 0.25) is 5.91 Å². The fraction of sp³-hybridized carbons (Fsp3) is 0.273. The first-order chi connectivity index (χ1) is 9.54. The van der Waals surface area contributed by atoms with Crippen LogP contribution in [0.25, 0.3) is 0 Å². The van der Waals surface area contributed by atoms with Crippen molar-refractivity contribution in [3.63, 3.8) is 0 Å². The van der Waals surface area contributed by atoms with Crippen LogP contribution in [0.15, 0.2) is 24.8 Å². The van der Waals surface area contributed by atoms with Crippen LogP contribution in [0.3, 0.4) is 0 Å². The first-order valence-electron chi connectivity index (χ1n) is 5.75. The molecule has 0 aromatic carbocycles. The number of carbonyl (C=O) groups is 2. The van der Waals surface area contributed by atoms with E-state index < -0.39 is 5.97 Å². The summed E-state index contributed by atoms with van der Waals surface area (Å²) in [6, 6.07) is 0. The Morgan fingerprint density at radius 2 is 2.00 bits per heavy atom. The molecule has 106 valence electrons. The highest BCUT2D eigenvalue weighted by atomic mass is 35.5. The number of halogens is 1. The topological polar surface area (TPSA) is 102 Å². The molecule has 0 fully saturated rings. The number of hydrogen-bond acceptors (Lipinski definition) is 4. The maximum Gasteiger partial charge on any atom is 0.338 e. The monoisotopic (exact) mass is 297 g/mol. The van der Waals surface area contributed by atoms with Crippen LogP contribution < -0.4 is 5.32 Å². The highest BCUT2D eigenvalue weighted by Crippen LogP contribution is 2.03. The summed E-state index contributed by atoms with van der Waals surface area (Å²) in [7, 11) is 0. The molecule has 2 rings (SSSR count). The van der Waals surface area contributed by atoms with Gasteiger partial charge in [-0.1, -0.05) is 11.6 Å². The molecule has 0 aliphatic carbocycles. The number of carbonyl (C=O) groups excluding carboxylic acids is 1. The van der Waals surface area contributed by atoms with E-state index in [1.807, 2.05) is 0 Å². The molecule has 2 N–H and O–H groups in total. The van der Waals surface area contributed by atoms with Crippen molar-refractivity contribution in [3.8, 4) is 0 Å². The van der Waals surface area contributed by atoms with Gasteiger partial charge >= 0.3 is 5.97 Å². The Balaban J connectivity index is 1.76. The molecule has 20 heavy (non-hydrogen) atoms. The van der Waals surface area contributed by atoms with Gasteiger partial charge in [0.1, 0.15) is 6.54 Å². The van der Waals surface area contributed by atoms with Crippen LogP contribution in [-0.2, 0) is 17.9 Å². The smallest absolute Gasteiger partial charge is 0.338 e. The number of rotatable bonds is 6. The number of carboxylic acid groups (broad SMARTS) is 1. The van der Waals surface area contributed by atoms with Gasteiger partial charge in [0.05, 0.1) is 29.5 Å². The van der Waals surface area contributed by atoms with E-state index in [1.165, 1.54) is 23.3 Å². The van der Waals surface area contributed by atoms with E-state index in [-0.39, 0.29) is 18.0 Å². The van der Waals surface area contributed by atoms with E-state index in [0.717, 1.165) is 0 Å². The second-order valence-electron chi connectivity index (χ2n) is 4.00. The molecular formula is C11H12ClN5O3. The van der Waals surface area contributed by atoms with Crippen LogP contribution in [-0.4, -0.2) is 43.1 Å². The summed E-state index contributed by atoms with van der Waals surface area (Å²) < 4.78 is 2.88. The number of nitrogens with zero attached hydrogens (tertiary/aromatic N) is 4. The summed E-state index contributed by atoms with van der Waals surface area (Å²) in [5.41, 5.74) is 0.0454. The fourth-order valence-electron chi connectivity index (χ4n) is 1.53. The van der Waals surface area contributed by atoms with Crippen LogP contribution in [0.1, 0.15) is 10.4 Å². The zero-order chi connectivity index (χ0) is 14.5.